The van der Waals surface area contributed by atoms with Crippen LogP contribution in [0.3, 0.4) is 0 Å². The lowest BCUT2D eigenvalue weighted by atomic mass is 9.92. The van der Waals surface area contributed by atoms with Gasteiger partial charge in [0.1, 0.15) is 5.82 Å². The zero-order valence-electron chi connectivity index (χ0n) is 23.6. The number of nitrogens with zero attached hydrogens (tertiary/aromatic N) is 3. The normalized spacial score (nSPS) is 12.5. The Labute approximate surface area is 222 Å². The zero-order chi connectivity index (χ0) is 27.3. The van der Waals surface area contributed by atoms with Crippen molar-refractivity contribution in [3.05, 3.63) is 77.0 Å². The lowest BCUT2D eigenvalue weighted by Gasteiger charge is -2.28. The molecule has 1 aromatic heterocycles. The number of aryl methyl sites for hydroxylation is 1. The van der Waals surface area contributed by atoms with Crippen LogP contribution in [0.2, 0.25) is 0 Å². The number of nitrogens with one attached hydrogen (secondary N) is 1. The number of aromatic nitrogens is 2. The molecule has 0 fully saturated rings. The first-order valence-corrected chi connectivity index (χ1v) is 13.2. The van der Waals surface area contributed by atoms with E-state index in [9.17, 15) is 9.59 Å². The Kier molecular flexibility index (Phi) is 8.95. The van der Waals surface area contributed by atoms with Crippen LogP contribution in [0.5, 0.6) is 0 Å². The van der Waals surface area contributed by atoms with E-state index < -0.39 is 0 Å². The lowest BCUT2D eigenvalue weighted by Crippen LogP contribution is -2.42. The Hall–Kier alpha value is -3.41. The van der Waals surface area contributed by atoms with Crippen LogP contribution in [0.25, 0.3) is 5.69 Å². The van der Waals surface area contributed by atoms with E-state index in [0.717, 1.165) is 28.1 Å². The third kappa shape index (κ3) is 6.88. The molecule has 6 heteroatoms. The first-order valence-electron chi connectivity index (χ1n) is 13.2. The summed E-state index contributed by atoms with van der Waals surface area (Å²) in [7, 11) is 0. The van der Waals surface area contributed by atoms with Crippen molar-refractivity contribution in [3.63, 3.8) is 0 Å². The summed E-state index contributed by atoms with van der Waals surface area (Å²) >= 11 is 0. The number of carbonyl (C=O) groups is 2. The number of benzene rings is 2. The Balaban J connectivity index is 1.91. The molecular weight excluding hydrogens is 460 g/mol. The summed E-state index contributed by atoms with van der Waals surface area (Å²) in [4.78, 5) is 28.7. The number of rotatable bonds is 9. The topological polar surface area (TPSA) is 67.2 Å². The molecule has 3 aromatic rings. The average molecular weight is 503 g/mol. The Morgan fingerprint density at radius 1 is 1.03 bits per heavy atom. The predicted molar refractivity (Wildman–Crippen MR) is 151 cm³/mol. The second-order valence-electron chi connectivity index (χ2n) is 11.3. The molecule has 198 valence electrons. The van der Waals surface area contributed by atoms with Crippen molar-refractivity contribution in [3.8, 4) is 5.69 Å². The fraction of sp³-hybridized carbons (Fsp3) is 0.452. The Bertz CT molecular complexity index is 1220. The molecule has 0 aliphatic carbocycles. The molecule has 3 rings (SSSR count). The van der Waals surface area contributed by atoms with Crippen LogP contribution in [0, 0.1) is 19.8 Å². The summed E-state index contributed by atoms with van der Waals surface area (Å²) in [6.07, 6.45) is 0.674. The van der Waals surface area contributed by atoms with Crippen molar-refractivity contribution in [2.45, 2.75) is 73.1 Å². The number of amides is 2. The van der Waals surface area contributed by atoms with E-state index in [1.807, 2.05) is 60.1 Å². The van der Waals surface area contributed by atoms with Gasteiger partial charge in [0.2, 0.25) is 11.8 Å². The van der Waals surface area contributed by atoms with Gasteiger partial charge in [0.05, 0.1) is 23.8 Å². The van der Waals surface area contributed by atoms with E-state index in [4.69, 9.17) is 5.10 Å². The second-order valence-corrected chi connectivity index (χ2v) is 11.3. The molecule has 1 atom stereocenters. The van der Waals surface area contributed by atoms with Crippen molar-refractivity contribution in [1.29, 1.82) is 0 Å². The zero-order valence-corrected chi connectivity index (χ0v) is 23.6. The van der Waals surface area contributed by atoms with Gasteiger partial charge in [-0.2, -0.15) is 5.10 Å². The van der Waals surface area contributed by atoms with Crippen LogP contribution in [0.15, 0.2) is 54.6 Å². The van der Waals surface area contributed by atoms with E-state index in [0.29, 0.717) is 18.8 Å². The van der Waals surface area contributed by atoms with Crippen LogP contribution in [0.1, 0.15) is 76.3 Å². The number of hydrogen-bond donors (Lipinski definition) is 1. The maximum absolute atomic E-state index is 13.6. The number of carbonyl (C=O) groups excluding carboxylic acids is 2. The minimum Gasteiger partial charge on any atom is -0.333 e. The summed E-state index contributed by atoms with van der Waals surface area (Å²) in [6.45, 7) is 17.1. The van der Waals surface area contributed by atoms with Crippen LogP contribution < -0.4 is 5.32 Å². The Morgan fingerprint density at radius 2 is 1.70 bits per heavy atom. The standard InChI is InChI=1S/C31H42N4O2/c1-9-25(24-15-11-10-12-16-24)30(37)34(19-21(2)3)20-29(36)32-28-18-27(31(6,7)8)33-35(28)26-17-13-14-22(4)23(26)5/h10-18,21,25H,9,19-20H2,1-8H3,(H,32,36). The fourth-order valence-electron chi connectivity index (χ4n) is 4.47. The van der Waals surface area contributed by atoms with Gasteiger partial charge in [0.15, 0.2) is 0 Å². The van der Waals surface area contributed by atoms with E-state index in [2.05, 4.69) is 59.8 Å². The molecule has 6 nitrogen and oxygen atoms in total. The molecule has 0 aliphatic heterocycles. The SMILES string of the molecule is CCC(C(=O)N(CC(=O)Nc1cc(C(C)(C)C)nn1-c1cccc(C)c1C)CC(C)C)c1ccccc1. The predicted octanol–water partition coefficient (Wildman–Crippen LogP) is 6.40. The molecule has 0 radical (unpaired) electrons. The summed E-state index contributed by atoms with van der Waals surface area (Å²) in [5.74, 6) is 0.314. The Morgan fingerprint density at radius 3 is 2.30 bits per heavy atom. The van der Waals surface area contributed by atoms with Gasteiger partial charge in [-0.15, -0.1) is 0 Å². The van der Waals surface area contributed by atoms with Crippen LogP contribution in [-0.4, -0.2) is 39.6 Å². The summed E-state index contributed by atoms with van der Waals surface area (Å²) in [5, 5.41) is 7.94. The van der Waals surface area contributed by atoms with Gasteiger partial charge in [-0.25, -0.2) is 4.68 Å². The van der Waals surface area contributed by atoms with Crippen molar-refractivity contribution in [2.75, 3.05) is 18.4 Å². The van der Waals surface area contributed by atoms with E-state index >= 15 is 0 Å². The number of hydrogen-bond acceptors (Lipinski definition) is 3. The minimum atomic E-state index is -0.277. The smallest absolute Gasteiger partial charge is 0.245 e. The van der Waals surface area contributed by atoms with Gasteiger partial charge in [-0.3, -0.25) is 9.59 Å². The van der Waals surface area contributed by atoms with Crippen LogP contribution in [-0.2, 0) is 15.0 Å². The molecule has 2 aromatic carbocycles. The molecule has 0 saturated carbocycles. The quantitative estimate of drug-likeness (QED) is 0.368. The summed E-state index contributed by atoms with van der Waals surface area (Å²) < 4.78 is 1.81. The first kappa shape index (κ1) is 28.2. The number of anilines is 1. The average Bonchev–Trinajstić information content (AvgIpc) is 3.25. The maximum Gasteiger partial charge on any atom is 0.245 e. The highest BCUT2D eigenvalue weighted by molar-refractivity contribution is 5.95. The third-order valence-corrected chi connectivity index (χ3v) is 6.69. The van der Waals surface area contributed by atoms with Gasteiger partial charge < -0.3 is 10.2 Å². The molecule has 2 amide bonds. The van der Waals surface area contributed by atoms with Crippen molar-refractivity contribution in [1.82, 2.24) is 14.7 Å². The van der Waals surface area contributed by atoms with Gasteiger partial charge in [-0.05, 0) is 48.9 Å². The molecule has 0 aliphatic rings. The summed E-state index contributed by atoms with van der Waals surface area (Å²) in [5.41, 5.74) is 4.86. The van der Waals surface area contributed by atoms with Gasteiger partial charge in [-0.1, -0.05) is 84.0 Å². The largest absolute Gasteiger partial charge is 0.333 e. The highest BCUT2D eigenvalue weighted by Crippen LogP contribution is 2.28. The molecule has 0 bridgehead atoms. The van der Waals surface area contributed by atoms with Gasteiger partial charge in [0.25, 0.3) is 0 Å². The highest BCUT2D eigenvalue weighted by Gasteiger charge is 2.28. The second kappa shape index (κ2) is 11.8. The monoisotopic (exact) mass is 502 g/mol. The van der Waals surface area contributed by atoms with Crippen molar-refractivity contribution < 1.29 is 9.59 Å². The van der Waals surface area contributed by atoms with E-state index in [1.54, 1.807) is 4.90 Å². The molecule has 1 N–H and O–H groups in total. The van der Waals surface area contributed by atoms with Crippen molar-refractivity contribution >= 4 is 17.6 Å². The van der Waals surface area contributed by atoms with Gasteiger partial charge in [0, 0.05) is 18.0 Å². The molecule has 1 heterocycles. The van der Waals surface area contributed by atoms with Crippen molar-refractivity contribution in [2.24, 2.45) is 5.92 Å². The molecule has 0 saturated heterocycles. The lowest BCUT2D eigenvalue weighted by molar-refractivity contribution is -0.136. The van der Waals surface area contributed by atoms with Crippen LogP contribution >= 0.6 is 0 Å². The highest BCUT2D eigenvalue weighted by atomic mass is 16.2. The minimum absolute atomic E-state index is 0.0107. The molecule has 1 unspecified atom stereocenters. The molecule has 37 heavy (non-hydrogen) atoms. The first-order chi connectivity index (χ1) is 17.4. The van der Waals surface area contributed by atoms with Gasteiger partial charge >= 0.3 is 0 Å². The molecule has 0 spiro atoms. The fourth-order valence-corrected chi connectivity index (χ4v) is 4.47. The van der Waals surface area contributed by atoms with E-state index in [-0.39, 0.29) is 35.6 Å². The van der Waals surface area contributed by atoms with Crippen LogP contribution in [0.4, 0.5) is 5.82 Å². The maximum atomic E-state index is 13.6. The third-order valence-electron chi connectivity index (χ3n) is 6.69. The van der Waals surface area contributed by atoms with E-state index in [1.165, 1.54) is 0 Å². The summed E-state index contributed by atoms with van der Waals surface area (Å²) in [6, 6.07) is 17.8. The molecular formula is C31H42N4O2.